The summed E-state index contributed by atoms with van der Waals surface area (Å²) in [4.78, 5) is 9.93. The van der Waals surface area contributed by atoms with Crippen molar-refractivity contribution in [3.8, 4) is 0 Å². The molecule has 1 amide bonds. The molecular weight excluding hydrogens is 192 g/mol. The predicted octanol–water partition coefficient (Wildman–Crippen LogP) is -0.550. The zero-order chi connectivity index (χ0) is 10.5. The highest BCUT2D eigenvalue weighted by Gasteiger charge is 2.21. The van der Waals surface area contributed by atoms with Gasteiger partial charge in [-0.25, -0.2) is 13.1 Å². The Labute approximate surface area is 79.0 Å². The van der Waals surface area contributed by atoms with Gasteiger partial charge in [0.15, 0.2) is 0 Å². The van der Waals surface area contributed by atoms with Crippen molar-refractivity contribution in [3.63, 3.8) is 0 Å². The third kappa shape index (κ3) is 7.73. The molecule has 0 atom stereocenters. The molecule has 0 aliphatic heterocycles. The monoisotopic (exact) mass is 208 g/mol. The zero-order valence-corrected chi connectivity index (χ0v) is 8.94. The van der Waals surface area contributed by atoms with Crippen LogP contribution in [0.15, 0.2) is 0 Å². The molecule has 0 bridgehead atoms. The summed E-state index contributed by atoms with van der Waals surface area (Å²) >= 11 is 0. The summed E-state index contributed by atoms with van der Waals surface area (Å²) in [6.45, 7) is 3.99. The molecule has 13 heavy (non-hydrogen) atoms. The average molecular weight is 208 g/mol. The fraction of sp³-hybridized carbons (Fsp3) is 0.857. The van der Waals surface area contributed by atoms with Crippen LogP contribution in [0.1, 0.15) is 20.3 Å². The standard InChI is InChI=1S/C7H16N2O3S/c1-7(2,4-5-8-6-10)9-13(3,11)12/h6,9H,4-5H2,1-3H3,(H,8,10). The minimum atomic E-state index is -3.19. The first-order valence-corrected chi connectivity index (χ1v) is 5.82. The summed E-state index contributed by atoms with van der Waals surface area (Å²) in [5.41, 5.74) is -0.524. The van der Waals surface area contributed by atoms with Crippen molar-refractivity contribution in [2.24, 2.45) is 0 Å². The third-order valence-corrected chi connectivity index (χ3v) is 2.36. The molecule has 0 rings (SSSR count). The Bertz CT molecular complexity index is 259. The van der Waals surface area contributed by atoms with E-state index in [0.29, 0.717) is 19.4 Å². The molecule has 0 fully saturated rings. The molecule has 0 radical (unpaired) electrons. The Kier molecular flexibility index (Phi) is 4.35. The van der Waals surface area contributed by atoms with Gasteiger partial charge in [-0.2, -0.15) is 0 Å². The molecular formula is C7H16N2O3S. The summed E-state index contributed by atoms with van der Waals surface area (Å²) < 4.78 is 24.2. The molecule has 0 saturated heterocycles. The van der Waals surface area contributed by atoms with Crippen LogP contribution in [-0.2, 0) is 14.8 Å². The lowest BCUT2D eigenvalue weighted by molar-refractivity contribution is -0.109. The van der Waals surface area contributed by atoms with Gasteiger partial charge < -0.3 is 5.32 Å². The van der Waals surface area contributed by atoms with Gasteiger partial charge in [-0.1, -0.05) is 0 Å². The van der Waals surface area contributed by atoms with E-state index in [-0.39, 0.29) is 0 Å². The lowest BCUT2D eigenvalue weighted by Gasteiger charge is -2.24. The SMILES string of the molecule is CC(C)(CCNC=O)NS(C)(=O)=O. The van der Waals surface area contributed by atoms with Crippen molar-refractivity contribution in [3.05, 3.63) is 0 Å². The van der Waals surface area contributed by atoms with Crippen LogP contribution in [-0.4, -0.2) is 33.2 Å². The number of nitrogens with one attached hydrogen (secondary N) is 2. The topological polar surface area (TPSA) is 75.3 Å². The number of amides is 1. The van der Waals surface area contributed by atoms with Gasteiger partial charge in [0.25, 0.3) is 0 Å². The van der Waals surface area contributed by atoms with Crippen molar-refractivity contribution in [1.82, 2.24) is 10.0 Å². The molecule has 78 valence electrons. The van der Waals surface area contributed by atoms with Crippen LogP contribution >= 0.6 is 0 Å². The molecule has 0 unspecified atom stereocenters. The predicted molar refractivity (Wildman–Crippen MR) is 50.7 cm³/mol. The second-order valence-electron chi connectivity index (χ2n) is 3.58. The van der Waals surface area contributed by atoms with E-state index in [0.717, 1.165) is 6.26 Å². The van der Waals surface area contributed by atoms with Gasteiger partial charge >= 0.3 is 0 Å². The summed E-state index contributed by atoms with van der Waals surface area (Å²) in [6, 6.07) is 0. The third-order valence-electron chi connectivity index (χ3n) is 1.44. The highest BCUT2D eigenvalue weighted by atomic mass is 32.2. The van der Waals surface area contributed by atoms with Crippen molar-refractivity contribution < 1.29 is 13.2 Å². The first-order chi connectivity index (χ1) is 5.77. The molecule has 0 saturated carbocycles. The minimum absolute atomic E-state index is 0.457. The number of hydrogen-bond acceptors (Lipinski definition) is 3. The quantitative estimate of drug-likeness (QED) is 0.454. The molecule has 2 N–H and O–H groups in total. The first-order valence-electron chi connectivity index (χ1n) is 3.93. The number of carbonyl (C=O) groups excluding carboxylic acids is 1. The second-order valence-corrected chi connectivity index (χ2v) is 5.33. The molecule has 0 aromatic carbocycles. The number of carbonyl (C=O) groups is 1. The van der Waals surface area contributed by atoms with Crippen LogP contribution in [0.2, 0.25) is 0 Å². The Morgan fingerprint density at radius 1 is 1.38 bits per heavy atom. The van der Waals surface area contributed by atoms with Crippen molar-refractivity contribution >= 4 is 16.4 Å². The molecule has 0 aliphatic rings. The van der Waals surface area contributed by atoms with Gasteiger partial charge in [0.1, 0.15) is 0 Å². The molecule has 0 aromatic heterocycles. The minimum Gasteiger partial charge on any atom is -0.359 e. The van der Waals surface area contributed by atoms with Gasteiger partial charge in [-0.3, -0.25) is 4.79 Å². The maximum absolute atomic E-state index is 10.9. The van der Waals surface area contributed by atoms with Crippen LogP contribution in [0.4, 0.5) is 0 Å². The van der Waals surface area contributed by atoms with E-state index in [4.69, 9.17) is 0 Å². The Morgan fingerprint density at radius 2 is 1.92 bits per heavy atom. The van der Waals surface area contributed by atoms with E-state index in [1.807, 2.05) is 0 Å². The summed E-state index contributed by atoms with van der Waals surface area (Å²) in [5.74, 6) is 0. The lowest BCUT2D eigenvalue weighted by Crippen LogP contribution is -2.44. The highest BCUT2D eigenvalue weighted by Crippen LogP contribution is 2.07. The fourth-order valence-corrected chi connectivity index (χ4v) is 2.10. The normalized spacial score (nSPS) is 12.5. The van der Waals surface area contributed by atoms with Crippen molar-refractivity contribution in [2.45, 2.75) is 25.8 Å². The summed E-state index contributed by atoms with van der Waals surface area (Å²) in [5, 5.41) is 2.47. The van der Waals surface area contributed by atoms with Gasteiger partial charge in [0.2, 0.25) is 16.4 Å². The number of sulfonamides is 1. The Morgan fingerprint density at radius 3 is 2.31 bits per heavy atom. The zero-order valence-electron chi connectivity index (χ0n) is 8.12. The molecule has 0 aromatic rings. The molecule has 0 heterocycles. The van der Waals surface area contributed by atoms with Gasteiger partial charge in [-0.15, -0.1) is 0 Å². The van der Waals surface area contributed by atoms with E-state index in [1.54, 1.807) is 13.8 Å². The van der Waals surface area contributed by atoms with E-state index in [1.165, 1.54) is 0 Å². The molecule has 0 spiro atoms. The van der Waals surface area contributed by atoms with Gasteiger partial charge in [-0.05, 0) is 20.3 Å². The van der Waals surface area contributed by atoms with Crippen LogP contribution < -0.4 is 10.0 Å². The van der Waals surface area contributed by atoms with E-state index < -0.39 is 15.6 Å². The van der Waals surface area contributed by atoms with Crippen LogP contribution in [0.3, 0.4) is 0 Å². The van der Waals surface area contributed by atoms with Gasteiger partial charge in [0, 0.05) is 12.1 Å². The van der Waals surface area contributed by atoms with E-state index >= 15 is 0 Å². The van der Waals surface area contributed by atoms with E-state index in [2.05, 4.69) is 10.0 Å². The maximum atomic E-state index is 10.9. The maximum Gasteiger partial charge on any atom is 0.209 e. The highest BCUT2D eigenvalue weighted by molar-refractivity contribution is 7.88. The van der Waals surface area contributed by atoms with Crippen LogP contribution in [0, 0.1) is 0 Å². The largest absolute Gasteiger partial charge is 0.359 e. The van der Waals surface area contributed by atoms with Crippen molar-refractivity contribution in [1.29, 1.82) is 0 Å². The number of rotatable bonds is 6. The summed E-state index contributed by atoms with van der Waals surface area (Å²) in [7, 11) is -3.19. The molecule has 0 aliphatic carbocycles. The van der Waals surface area contributed by atoms with Crippen LogP contribution in [0.25, 0.3) is 0 Å². The molecule has 6 heteroatoms. The lowest BCUT2D eigenvalue weighted by atomic mass is 10.0. The fourth-order valence-electron chi connectivity index (χ4n) is 0.997. The number of hydrogen-bond donors (Lipinski definition) is 2. The van der Waals surface area contributed by atoms with Crippen molar-refractivity contribution in [2.75, 3.05) is 12.8 Å². The Hall–Kier alpha value is -0.620. The average Bonchev–Trinajstić information content (AvgIpc) is 1.81. The summed E-state index contributed by atoms with van der Waals surface area (Å²) in [6.07, 6.45) is 2.26. The molecule has 5 nitrogen and oxygen atoms in total. The van der Waals surface area contributed by atoms with Crippen LogP contribution in [0.5, 0.6) is 0 Å². The van der Waals surface area contributed by atoms with E-state index in [9.17, 15) is 13.2 Å². The second kappa shape index (κ2) is 4.57. The van der Waals surface area contributed by atoms with Gasteiger partial charge in [0.05, 0.1) is 6.26 Å². The first kappa shape index (κ1) is 12.4. The smallest absolute Gasteiger partial charge is 0.209 e. The Balaban J connectivity index is 4.01.